The van der Waals surface area contributed by atoms with Crippen LogP contribution < -0.4 is 102 Å². The molecule has 12 aromatic rings. The fourth-order valence-electron chi connectivity index (χ4n) is 12.9. The van der Waals surface area contributed by atoms with Crippen molar-refractivity contribution in [3.8, 4) is 68.2 Å². The van der Waals surface area contributed by atoms with Crippen LogP contribution in [-0.4, -0.2) is 27.2 Å². The zero-order valence-corrected chi connectivity index (χ0v) is 54.9. The summed E-state index contributed by atoms with van der Waals surface area (Å²) >= 11 is 0. The van der Waals surface area contributed by atoms with Crippen molar-refractivity contribution in [1.29, 1.82) is 0 Å². The SMILES string of the molecule is Cc1cc(P(c2ccccc2)c2ccccc2)c(-c2c(P(c3ccccc3)c3ccccc3)cc(C)c3c2OCO3)c2c1OCO2.Cc1cc(P(c2ccccc2)c2ccccc2)c(-c2c(P(c3ccccc3)c3ccccc3)cc(C)c3c2OCO3)c2c1OCO2. The van der Waals surface area contributed by atoms with Gasteiger partial charge in [0.05, 0.1) is 0 Å². The maximum Gasteiger partial charge on any atom is 0.231 e. The fraction of sp³-hybridized carbons (Fsp3) is 0.100. The van der Waals surface area contributed by atoms with Gasteiger partial charge in [-0.25, -0.2) is 0 Å². The van der Waals surface area contributed by atoms with Crippen molar-refractivity contribution in [1.82, 2.24) is 0 Å². The number of rotatable bonds is 14. The van der Waals surface area contributed by atoms with Crippen LogP contribution in [-0.2, 0) is 0 Å². The molecule has 0 amide bonds. The summed E-state index contributed by atoms with van der Waals surface area (Å²) in [6, 6.07) is 95.8. The van der Waals surface area contributed by atoms with Gasteiger partial charge in [0.1, 0.15) is 0 Å². The molecule has 0 fully saturated rings. The minimum Gasteiger partial charge on any atom is -0.453 e. The molecule has 8 nitrogen and oxygen atoms in total. The minimum absolute atomic E-state index is 0.175. The van der Waals surface area contributed by atoms with E-state index in [0.717, 1.165) is 90.5 Å². The monoisotopic (exact) mass is 1280 g/mol. The van der Waals surface area contributed by atoms with Crippen molar-refractivity contribution in [2.24, 2.45) is 0 Å². The number of ether oxygens (including phenoxy) is 8. The van der Waals surface area contributed by atoms with E-state index in [2.05, 4.69) is 295 Å². The standard InChI is InChI=1S/2C40H32O4P2/c2*1-27-23-33(45(29-15-7-3-8-16-29)30-17-9-4-10-18-30)35(39-37(27)41-25-43-39)36-34(24-28(2)38-40(36)44-26-42-38)46(31-19-11-5-12-20-31)32-21-13-6-14-22-32/h2*3-24H,25-26H2,1-2H3. The number of benzene rings is 12. The molecule has 16 rings (SSSR count). The number of hydrogen-bond donors (Lipinski definition) is 0. The third-order valence-corrected chi connectivity index (χ3v) is 26.7. The van der Waals surface area contributed by atoms with E-state index >= 15 is 0 Å². The van der Waals surface area contributed by atoms with Crippen LogP contribution in [0.2, 0.25) is 0 Å². The molecule has 12 heteroatoms. The summed E-state index contributed by atoms with van der Waals surface area (Å²) in [5.41, 5.74) is 8.31. The van der Waals surface area contributed by atoms with Gasteiger partial charge in [0, 0.05) is 22.3 Å². The number of fused-ring (bicyclic) bond motifs is 4. The van der Waals surface area contributed by atoms with Crippen LogP contribution in [0.4, 0.5) is 0 Å². The molecule has 0 saturated carbocycles. The molecule has 0 bridgehead atoms. The van der Waals surface area contributed by atoms with E-state index in [4.69, 9.17) is 37.9 Å². The molecule has 0 N–H and O–H groups in total. The molecular weight excluding hydrogens is 1210 g/mol. The van der Waals surface area contributed by atoms with Crippen LogP contribution in [0.5, 0.6) is 46.0 Å². The second kappa shape index (κ2) is 26.2. The zero-order chi connectivity index (χ0) is 62.1. The van der Waals surface area contributed by atoms with E-state index in [1.165, 1.54) is 63.7 Å². The molecule has 4 heterocycles. The summed E-state index contributed by atoms with van der Waals surface area (Å²) < 4.78 is 50.5. The van der Waals surface area contributed by atoms with Gasteiger partial charge in [-0.1, -0.05) is 243 Å². The lowest BCUT2D eigenvalue weighted by molar-refractivity contribution is 0.172. The highest BCUT2D eigenvalue weighted by molar-refractivity contribution is 7.81. The molecule has 12 aromatic carbocycles. The number of aryl methyl sites for hydroxylation is 4. The Hall–Kier alpha value is -9.24. The fourth-order valence-corrected chi connectivity index (χ4v) is 23.1. The Bertz CT molecular complexity index is 3880. The van der Waals surface area contributed by atoms with Crippen LogP contribution in [0, 0.1) is 27.7 Å². The maximum absolute atomic E-state index is 6.46. The van der Waals surface area contributed by atoms with E-state index in [-0.39, 0.29) is 27.2 Å². The summed E-state index contributed by atoms with van der Waals surface area (Å²) in [6.07, 6.45) is 0. The van der Waals surface area contributed by atoms with Gasteiger partial charge in [-0.3, -0.25) is 0 Å². The normalized spacial score (nSPS) is 13.0. The Morgan fingerprint density at radius 2 is 0.337 bits per heavy atom. The second-order valence-corrected chi connectivity index (χ2v) is 31.4. The first-order valence-corrected chi connectivity index (χ1v) is 36.1. The van der Waals surface area contributed by atoms with E-state index in [0.29, 0.717) is 0 Å². The molecule has 92 heavy (non-hydrogen) atoms. The maximum atomic E-state index is 6.46. The van der Waals surface area contributed by atoms with Gasteiger partial charge in [0.2, 0.25) is 27.2 Å². The molecule has 0 atom stereocenters. The molecule has 0 radical (unpaired) electrons. The lowest BCUT2D eigenvalue weighted by Gasteiger charge is -2.28. The summed E-state index contributed by atoms with van der Waals surface area (Å²) in [5, 5.41) is 14.9. The topological polar surface area (TPSA) is 73.8 Å². The highest BCUT2D eigenvalue weighted by Crippen LogP contribution is 2.57. The molecule has 0 spiro atoms. The summed E-state index contributed by atoms with van der Waals surface area (Å²) in [5.74, 6) is 6.24. The molecule has 0 aliphatic carbocycles. The van der Waals surface area contributed by atoms with Gasteiger partial charge in [-0.15, -0.1) is 0 Å². The van der Waals surface area contributed by atoms with E-state index in [1.807, 2.05) is 0 Å². The average Bonchev–Trinajstić information content (AvgIpc) is 1.31. The third kappa shape index (κ3) is 11.1. The van der Waals surface area contributed by atoms with Crippen molar-refractivity contribution < 1.29 is 37.9 Å². The molecule has 0 unspecified atom stereocenters. The van der Waals surface area contributed by atoms with E-state index in [9.17, 15) is 0 Å². The summed E-state index contributed by atoms with van der Waals surface area (Å²) in [7, 11) is -3.97. The van der Waals surface area contributed by atoms with Gasteiger partial charge in [0.15, 0.2) is 46.0 Å². The van der Waals surface area contributed by atoms with Gasteiger partial charge in [-0.05, 0) is 170 Å². The lowest BCUT2D eigenvalue weighted by Crippen LogP contribution is -2.26. The molecule has 4 aliphatic heterocycles. The second-order valence-electron chi connectivity index (χ2n) is 22.6. The Morgan fingerprint density at radius 3 is 0.489 bits per heavy atom. The highest BCUT2D eigenvalue weighted by Gasteiger charge is 2.40. The summed E-state index contributed by atoms with van der Waals surface area (Å²) in [6.45, 7) is 9.16. The average molecular weight is 1280 g/mol. The van der Waals surface area contributed by atoms with Crippen molar-refractivity contribution in [2.45, 2.75) is 27.7 Å². The quantitative estimate of drug-likeness (QED) is 0.0997. The molecule has 452 valence electrons. The highest BCUT2D eigenvalue weighted by atomic mass is 31.1. The Balaban J connectivity index is 0.000000153. The van der Waals surface area contributed by atoms with Crippen LogP contribution in [0.15, 0.2) is 267 Å². The van der Waals surface area contributed by atoms with Crippen molar-refractivity contribution in [3.63, 3.8) is 0 Å². The van der Waals surface area contributed by atoms with Crippen LogP contribution in [0.1, 0.15) is 22.3 Å². The Kier molecular flexibility index (Phi) is 16.8. The predicted octanol–water partition coefficient (Wildman–Crippen LogP) is 13.9. The molecular formula is C80H64O8P4. The van der Waals surface area contributed by atoms with Gasteiger partial charge in [0.25, 0.3) is 0 Å². The predicted molar refractivity (Wildman–Crippen MR) is 382 cm³/mol. The van der Waals surface area contributed by atoms with Gasteiger partial charge < -0.3 is 37.9 Å². The first-order chi connectivity index (χ1) is 45.4. The smallest absolute Gasteiger partial charge is 0.231 e. The molecule has 0 saturated heterocycles. The van der Waals surface area contributed by atoms with Crippen LogP contribution >= 0.6 is 31.7 Å². The molecule has 0 aromatic heterocycles. The van der Waals surface area contributed by atoms with Crippen molar-refractivity contribution >= 4 is 95.3 Å². The summed E-state index contributed by atoms with van der Waals surface area (Å²) in [4.78, 5) is 0. The Morgan fingerprint density at radius 1 is 0.196 bits per heavy atom. The van der Waals surface area contributed by atoms with E-state index in [1.54, 1.807) is 0 Å². The first-order valence-electron chi connectivity index (χ1n) is 30.7. The number of hydrogen-bond acceptors (Lipinski definition) is 8. The van der Waals surface area contributed by atoms with Crippen molar-refractivity contribution in [3.05, 3.63) is 289 Å². The minimum atomic E-state index is -0.992. The third-order valence-electron chi connectivity index (χ3n) is 16.8. The van der Waals surface area contributed by atoms with Gasteiger partial charge >= 0.3 is 0 Å². The van der Waals surface area contributed by atoms with Crippen molar-refractivity contribution in [2.75, 3.05) is 27.2 Å². The van der Waals surface area contributed by atoms with E-state index < -0.39 is 31.7 Å². The van der Waals surface area contributed by atoms with Crippen LogP contribution in [0.3, 0.4) is 0 Å². The molecule has 4 aliphatic rings. The first kappa shape index (κ1) is 59.1. The lowest BCUT2D eigenvalue weighted by atomic mass is 9.98. The Labute approximate surface area is 542 Å². The zero-order valence-electron chi connectivity index (χ0n) is 51.3. The largest absolute Gasteiger partial charge is 0.453 e. The van der Waals surface area contributed by atoms with Crippen LogP contribution in [0.25, 0.3) is 22.3 Å². The van der Waals surface area contributed by atoms with Gasteiger partial charge in [-0.2, -0.15) is 0 Å².